The fourth-order valence-corrected chi connectivity index (χ4v) is 2.30. The largest absolute Gasteiger partial charge is 0.461 e. The van der Waals surface area contributed by atoms with Crippen molar-refractivity contribution >= 4 is 34.2 Å². The first-order valence-corrected chi connectivity index (χ1v) is 6.72. The number of hydrogen-bond donors (Lipinski definition) is 1. The van der Waals surface area contributed by atoms with Crippen LogP contribution in [0.5, 0.6) is 0 Å². The summed E-state index contributed by atoms with van der Waals surface area (Å²) in [6, 6.07) is 0. The van der Waals surface area contributed by atoms with Crippen molar-refractivity contribution in [3.63, 3.8) is 0 Å². The molecule has 0 fully saturated rings. The van der Waals surface area contributed by atoms with E-state index in [0.717, 1.165) is 16.8 Å². The van der Waals surface area contributed by atoms with Crippen LogP contribution in [0, 0.1) is 13.8 Å². The third-order valence-electron chi connectivity index (χ3n) is 2.59. The molecular formula is C13H17Cl2NO2. The van der Waals surface area contributed by atoms with Crippen molar-refractivity contribution in [2.45, 2.75) is 27.2 Å². The molecule has 18 heavy (non-hydrogen) atoms. The smallest absolute Gasteiger partial charge is 0.355 e. The molecule has 0 spiro atoms. The van der Waals surface area contributed by atoms with Gasteiger partial charge in [0.05, 0.1) is 6.61 Å². The van der Waals surface area contributed by atoms with E-state index < -0.39 is 0 Å². The van der Waals surface area contributed by atoms with Crippen LogP contribution in [0.2, 0.25) is 0 Å². The quantitative estimate of drug-likeness (QED) is 0.657. The first kappa shape index (κ1) is 15.1. The minimum Gasteiger partial charge on any atom is -0.461 e. The molecule has 0 radical (unpaired) electrons. The van der Waals surface area contributed by atoms with Gasteiger partial charge >= 0.3 is 5.97 Å². The molecule has 3 nitrogen and oxygen atoms in total. The number of aromatic nitrogens is 1. The Balaban J connectivity index is 3.12. The van der Waals surface area contributed by atoms with E-state index in [9.17, 15) is 4.79 Å². The second-order valence-electron chi connectivity index (χ2n) is 3.88. The number of hydrogen-bond acceptors (Lipinski definition) is 2. The number of halogens is 2. The lowest BCUT2D eigenvalue weighted by molar-refractivity contribution is 0.0519. The van der Waals surface area contributed by atoms with E-state index in [1.165, 1.54) is 0 Å². The minimum absolute atomic E-state index is 0.349. The van der Waals surface area contributed by atoms with Crippen molar-refractivity contribution in [1.82, 2.24) is 4.98 Å². The summed E-state index contributed by atoms with van der Waals surface area (Å²) in [5.41, 5.74) is 2.97. The highest BCUT2D eigenvalue weighted by atomic mass is 35.5. The van der Waals surface area contributed by atoms with Crippen LogP contribution in [-0.4, -0.2) is 23.4 Å². The van der Waals surface area contributed by atoms with E-state index in [0.29, 0.717) is 29.6 Å². The van der Waals surface area contributed by atoms with Gasteiger partial charge in [0.15, 0.2) is 0 Å². The second kappa shape index (κ2) is 6.86. The predicted molar refractivity (Wildman–Crippen MR) is 75.4 cm³/mol. The number of carbonyl (C=O) groups is 1. The summed E-state index contributed by atoms with van der Waals surface area (Å²) in [6.07, 6.45) is 2.55. The summed E-state index contributed by atoms with van der Waals surface area (Å²) in [6.45, 7) is 5.85. The van der Waals surface area contributed by atoms with Gasteiger partial charge in [0.2, 0.25) is 0 Å². The lowest BCUT2D eigenvalue weighted by Crippen LogP contribution is -2.06. The van der Waals surface area contributed by atoms with Crippen molar-refractivity contribution in [1.29, 1.82) is 0 Å². The summed E-state index contributed by atoms with van der Waals surface area (Å²) >= 11 is 11.8. The number of aromatic amines is 1. The van der Waals surface area contributed by atoms with Gasteiger partial charge in [-0.3, -0.25) is 0 Å². The van der Waals surface area contributed by atoms with Gasteiger partial charge in [0.1, 0.15) is 5.69 Å². The number of nitrogens with one attached hydrogen (secondary N) is 1. The summed E-state index contributed by atoms with van der Waals surface area (Å²) in [5.74, 6) is 0.162. The van der Waals surface area contributed by atoms with E-state index in [-0.39, 0.29) is 5.97 Å². The molecule has 0 saturated heterocycles. The first-order valence-electron chi connectivity index (χ1n) is 5.81. The number of H-pyrrole nitrogens is 1. The maximum atomic E-state index is 11.7. The Hall–Kier alpha value is -0.930. The lowest BCUT2D eigenvalue weighted by Gasteiger charge is -2.02. The maximum Gasteiger partial charge on any atom is 0.355 e. The fourth-order valence-electron chi connectivity index (χ4n) is 1.80. The number of rotatable bonds is 5. The van der Waals surface area contributed by atoms with Gasteiger partial charge in [-0.25, -0.2) is 4.79 Å². The highest BCUT2D eigenvalue weighted by molar-refractivity contribution is 6.49. The van der Waals surface area contributed by atoms with Crippen molar-refractivity contribution in [2.24, 2.45) is 0 Å². The van der Waals surface area contributed by atoms with E-state index in [2.05, 4.69) is 4.98 Å². The Kier molecular flexibility index (Phi) is 5.76. The second-order valence-corrected chi connectivity index (χ2v) is 4.66. The maximum absolute atomic E-state index is 11.7. The van der Waals surface area contributed by atoms with Crippen molar-refractivity contribution < 1.29 is 9.53 Å². The van der Waals surface area contributed by atoms with Crippen LogP contribution >= 0.6 is 23.2 Å². The summed E-state index contributed by atoms with van der Waals surface area (Å²) in [7, 11) is 0. The molecule has 1 N–H and O–H groups in total. The average molecular weight is 290 g/mol. The zero-order valence-corrected chi connectivity index (χ0v) is 12.3. The highest BCUT2D eigenvalue weighted by Gasteiger charge is 2.19. The average Bonchev–Trinajstić information content (AvgIpc) is 2.62. The molecule has 0 aliphatic carbocycles. The van der Waals surface area contributed by atoms with Crippen LogP contribution in [0.15, 0.2) is 6.08 Å². The molecule has 0 saturated carbocycles. The number of ether oxygens (including phenoxy) is 1. The summed E-state index contributed by atoms with van der Waals surface area (Å²) < 4.78 is 4.98. The molecule has 0 amide bonds. The van der Waals surface area contributed by atoms with Gasteiger partial charge in [-0.15, -0.1) is 11.6 Å². The van der Waals surface area contributed by atoms with Crippen LogP contribution in [0.3, 0.4) is 0 Å². The van der Waals surface area contributed by atoms with Gasteiger partial charge in [-0.1, -0.05) is 17.7 Å². The Bertz CT molecular complexity index is 464. The molecule has 1 aromatic rings. The zero-order valence-electron chi connectivity index (χ0n) is 10.8. The van der Waals surface area contributed by atoms with Gasteiger partial charge < -0.3 is 9.72 Å². The van der Waals surface area contributed by atoms with Crippen LogP contribution in [0.25, 0.3) is 5.03 Å². The van der Waals surface area contributed by atoms with Gasteiger partial charge in [0.25, 0.3) is 0 Å². The van der Waals surface area contributed by atoms with Crippen molar-refractivity contribution in [3.8, 4) is 0 Å². The molecule has 0 bridgehead atoms. The third kappa shape index (κ3) is 3.30. The number of carbonyl (C=O) groups excluding carboxylic acids is 1. The van der Waals surface area contributed by atoms with Crippen LogP contribution < -0.4 is 0 Å². The van der Waals surface area contributed by atoms with E-state index in [1.807, 2.05) is 19.9 Å². The fraction of sp³-hybridized carbons (Fsp3) is 0.462. The zero-order chi connectivity index (χ0) is 13.7. The number of aryl methyl sites for hydroxylation is 1. The standard InChI is InChI=1S/C13H17Cl2NO2/c1-4-18-13(17)12-8(2)11(9(3)16-12)10(15)6-5-7-14/h6,16H,4-5,7H2,1-3H3/b10-6-. The van der Waals surface area contributed by atoms with Gasteiger partial charge in [-0.2, -0.15) is 0 Å². The highest BCUT2D eigenvalue weighted by Crippen LogP contribution is 2.29. The summed E-state index contributed by atoms with van der Waals surface area (Å²) in [4.78, 5) is 14.8. The Morgan fingerprint density at radius 3 is 2.67 bits per heavy atom. The SMILES string of the molecule is CCOC(=O)c1[nH]c(C)c(/C(Cl)=C/CCCl)c1C. The monoisotopic (exact) mass is 289 g/mol. The predicted octanol–water partition coefficient (Wildman–Crippen LogP) is 4.02. The lowest BCUT2D eigenvalue weighted by atomic mass is 10.1. The molecular weight excluding hydrogens is 273 g/mol. The molecule has 100 valence electrons. The van der Waals surface area contributed by atoms with E-state index in [1.54, 1.807) is 6.92 Å². The molecule has 5 heteroatoms. The van der Waals surface area contributed by atoms with Crippen molar-refractivity contribution in [2.75, 3.05) is 12.5 Å². The molecule has 1 heterocycles. The molecule has 0 atom stereocenters. The normalized spacial score (nSPS) is 11.7. The Labute approximate surface area is 117 Å². The van der Waals surface area contributed by atoms with Gasteiger partial charge in [0, 0.05) is 22.2 Å². The molecule has 0 aliphatic heterocycles. The number of esters is 1. The van der Waals surface area contributed by atoms with E-state index in [4.69, 9.17) is 27.9 Å². The Morgan fingerprint density at radius 2 is 2.11 bits per heavy atom. The van der Waals surface area contributed by atoms with Crippen LogP contribution in [0.4, 0.5) is 0 Å². The Morgan fingerprint density at radius 1 is 1.44 bits per heavy atom. The number of allylic oxidation sites excluding steroid dienone is 1. The topological polar surface area (TPSA) is 42.1 Å². The molecule has 1 aromatic heterocycles. The molecule has 0 aliphatic rings. The minimum atomic E-state index is -0.355. The molecule has 1 rings (SSSR count). The van der Waals surface area contributed by atoms with Crippen LogP contribution in [-0.2, 0) is 4.74 Å². The van der Waals surface area contributed by atoms with Crippen LogP contribution in [0.1, 0.15) is 40.7 Å². The molecule has 0 unspecified atom stereocenters. The van der Waals surface area contributed by atoms with E-state index >= 15 is 0 Å². The van der Waals surface area contributed by atoms with Crippen molar-refractivity contribution in [3.05, 3.63) is 28.6 Å². The molecule has 0 aromatic carbocycles. The summed E-state index contributed by atoms with van der Waals surface area (Å²) in [5, 5.41) is 0.609. The third-order valence-corrected chi connectivity index (χ3v) is 3.15. The number of alkyl halides is 1. The first-order chi connectivity index (χ1) is 8.52. The van der Waals surface area contributed by atoms with Gasteiger partial charge in [-0.05, 0) is 32.8 Å².